The van der Waals surface area contributed by atoms with Gasteiger partial charge in [-0.1, -0.05) is 0 Å². The summed E-state index contributed by atoms with van der Waals surface area (Å²) in [5.41, 5.74) is 9.11. The third-order valence-corrected chi connectivity index (χ3v) is 7.44. The van der Waals surface area contributed by atoms with E-state index in [0.29, 0.717) is 40.2 Å². The Morgan fingerprint density at radius 3 is 2.88 bits per heavy atom. The average molecular weight is 481 g/mol. The summed E-state index contributed by atoms with van der Waals surface area (Å²) in [7, 11) is 0. The Morgan fingerprint density at radius 2 is 2.24 bits per heavy atom. The molecule has 0 saturated carbocycles. The molecule has 1 aromatic carbocycles. The van der Waals surface area contributed by atoms with Crippen molar-refractivity contribution in [2.24, 2.45) is 5.73 Å². The van der Waals surface area contributed by atoms with Crippen LogP contribution in [0, 0.1) is 0 Å². The van der Waals surface area contributed by atoms with E-state index in [1.165, 1.54) is 15.9 Å². The number of carbonyl (C=O) groups is 1. The molecule has 2 bridgehead atoms. The van der Waals surface area contributed by atoms with Gasteiger partial charge in [0.1, 0.15) is 17.1 Å². The molecule has 2 atom stereocenters. The normalized spacial score (nSPS) is 20.2. The topological polar surface area (TPSA) is 139 Å². The fourth-order valence-electron chi connectivity index (χ4n) is 5.28. The molecule has 0 spiro atoms. The van der Waals surface area contributed by atoms with E-state index < -0.39 is 11.5 Å². The highest BCUT2D eigenvalue weighted by Gasteiger charge is 2.40. The summed E-state index contributed by atoms with van der Waals surface area (Å²) in [6.07, 6.45) is 2.94. The van der Waals surface area contributed by atoms with Crippen molar-refractivity contribution >= 4 is 38.9 Å². The molecule has 0 radical (unpaired) electrons. The lowest BCUT2D eigenvalue weighted by Crippen LogP contribution is -2.37. The molecular weight excluding hydrogens is 456 g/mol. The summed E-state index contributed by atoms with van der Waals surface area (Å²) >= 11 is 1.40. The van der Waals surface area contributed by atoms with Crippen LogP contribution in [0.5, 0.6) is 0 Å². The molecule has 0 unspecified atom stereocenters. The molecule has 2 aliphatic rings. The maximum absolute atomic E-state index is 12.7. The number of nitrogens with zero attached hydrogens (tertiary/aromatic N) is 5. The highest BCUT2D eigenvalue weighted by atomic mass is 32.1. The zero-order chi connectivity index (χ0) is 23.8. The number of anilines is 1. The molecule has 4 N–H and O–H groups in total. The number of aliphatic hydroxyl groups excluding tert-OH is 1. The van der Waals surface area contributed by atoms with Crippen molar-refractivity contribution in [1.82, 2.24) is 19.6 Å². The van der Waals surface area contributed by atoms with Crippen molar-refractivity contribution in [3.63, 3.8) is 0 Å². The number of benzene rings is 1. The van der Waals surface area contributed by atoms with Crippen molar-refractivity contribution in [1.29, 1.82) is 0 Å². The minimum absolute atomic E-state index is 0.167. The van der Waals surface area contributed by atoms with E-state index in [9.17, 15) is 15.0 Å². The van der Waals surface area contributed by atoms with Crippen LogP contribution >= 0.6 is 11.3 Å². The van der Waals surface area contributed by atoms with Crippen LogP contribution in [0.3, 0.4) is 0 Å². The molecule has 5 heterocycles. The summed E-state index contributed by atoms with van der Waals surface area (Å²) < 4.78 is 8.04. The predicted molar refractivity (Wildman–Crippen MR) is 127 cm³/mol. The quantitative estimate of drug-likeness (QED) is 0.393. The predicted octanol–water partition coefficient (Wildman–Crippen LogP) is 1.80. The zero-order valence-electron chi connectivity index (χ0n) is 18.7. The first kappa shape index (κ1) is 21.4. The first-order valence-corrected chi connectivity index (χ1v) is 11.9. The van der Waals surface area contributed by atoms with Crippen molar-refractivity contribution in [2.75, 3.05) is 18.1 Å². The zero-order valence-corrected chi connectivity index (χ0v) is 19.5. The van der Waals surface area contributed by atoms with Crippen LogP contribution < -0.4 is 10.6 Å². The van der Waals surface area contributed by atoms with Crippen molar-refractivity contribution in [3.05, 3.63) is 40.5 Å². The summed E-state index contributed by atoms with van der Waals surface area (Å²) in [5, 5.41) is 25.9. The molecule has 4 aromatic rings. The molecule has 6 rings (SSSR count). The molecule has 11 heteroatoms. The van der Waals surface area contributed by atoms with Gasteiger partial charge in [-0.3, -0.25) is 4.79 Å². The smallest absolute Gasteiger partial charge is 0.254 e. The molecular formula is C23H24N6O4S. The standard InChI is InChI=1S/C23H24N6O4S/c1-23(2,32)18-13(6-15-19(14(18)8-30)25-10-34-15)20-17(21(24)31)22-26-16(3-4-29(22)27-20)28-7-12-5-11(28)9-33-12/h3-4,6,10-12,30,32H,5,7-9H2,1-2H3,(H2,24,31)/t11-,12-/m1/s1. The van der Waals surface area contributed by atoms with Gasteiger partial charge in [-0.25, -0.2) is 14.5 Å². The molecule has 2 saturated heterocycles. The third kappa shape index (κ3) is 3.12. The highest BCUT2D eigenvalue weighted by Crippen LogP contribution is 2.41. The number of primary amides is 1. The third-order valence-electron chi connectivity index (χ3n) is 6.66. The number of thiazole rings is 1. The van der Waals surface area contributed by atoms with Gasteiger partial charge in [-0.2, -0.15) is 5.10 Å². The number of nitrogens with two attached hydrogens (primary N) is 1. The van der Waals surface area contributed by atoms with Gasteiger partial charge >= 0.3 is 0 Å². The summed E-state index contributed by atoms with van der Waals surface area (Å²) in [6.45, 7) is 4.35. The fourth-order valence-corrected chi connectivity index (χ4v) is 6.03. The van der Waals surface area contributed by atoms with Gasteiger partial charge in [-0.05, 0) is 32.4 Å². The Hall–Kier alpha value is -3.12. The second kappa shape index (κ2) is 7.44. The minimum Gasteiger partial charge on any atom is -0.392 e. The van der Waals surface area contributed by atoms with Crippen molar-refractivity contribution in [3.8, 4) is 11.3 Å². The Kier molecular flexibility index (Phi) is 4.69. The van der Waals surface area contributed by atoms with Crippen LogP contribution in [0.15, 0.2) is 23.8 Å². The fraction of sp³-hybridized carbons (Fsp3) is 0.391. The average Bonchev–Trinajstić information content (AvgIpc) is 3.58. The number of ether oxygens (including phenoxy) is 1. The van der Waals surface area contributed by atoms with Crippen LogP contribution in [0.4, 0.5) is 5.82 Å². The SMILES string of the molecule is CC(C)(O)c1c(-c2nn3ccc(N4C[C@H]5C[C@@H]4CO5)nc3c2C(N)=O)cc2scnc2c1CO. The highest BCUT2D eigenvalue weighted by molar-refractivity contribution is 7.16. The first-order chi connectivity index (χ1) is 16.3. The number of aromatic nitrogens is 4. The number of hydrogen-bond donors (Lipinski definition) is 3. The second-order valence-electron chi connectivity index (χ2n) is 9.33. The van der Waals surface area contributed by atoms with Gasteiger partial charge in [0.15, 0.2) is 5.65 Å². The van der Waals surface area contributed by atoms with Gasteiger partial charge in [0.25, 0.3) is 5.91 Å². The van der Waals surface area contributed by atoms with Gasteiger partial charge in [0, 0.05) is 29.4 Å². The molecule has 0 aliphatic carbocycles. The van der Waals surface area contributed by atoms with Crippen LogP contribution in [-0.2, 0) is 16.9 Å². The molecule has 34 heavy (non-hydrogen) atoms. The van der Waals surface area contributed by atoms with Gasteiger partial charge in [-0.15, -0.1) is 11.3 Å². The van der Waals surface area contributed by atoms with Gasteiger partial charge < -0.3 is 25.6 Å². The van der Waals surface area contributed by atoms with E-state index in [0.717, 1.165) is 23.5 Å². The van der Waals surface area contributed by atoms with Crippen molar-refractivity contribution < 1.29 is 19.7 Å². The number of morpholine rings is 1. The number of fused-ring (bicyclic) bond motifs is 4. The number of amides is 1. The number of rotatable bonds is 5. The Morgan fingerprint density at radius 1 is 1.41 bits per heavy atom. The lowest BCUT2D eigenvalue weighted by molar-refractivity contribution is 0.0767. The lowest BCUT2D eigenvalue weighted by Gasteiger charge is -2.27. The summed E-state index contributed by atoms with van der Waals surface area (Å²) in [5.74, 6) is 0.0755. The van der Waals surface area contributed by atoms with E-state index in [-0.39, 0.29) is 24.3 Å². The Labute approximate surface area is 198 Å². The largest absolute Gasteiger partial charge is 0.392 e. The Balaban J connectivity index is 1.61. The van der Waals surface area contributed by atoms with Crippen molar-refractivity contribution in [2.45, 2.75) is 44.6 Å². The van der Waals surface area contributed by atoms with Gasteiger partial charge in [0.05, 0.1) is 46.7 Å². The van der Waals surface area contributed by atoms with Crippen LogP contribution in [-0.4, -0.2) is 61.0 Å². The van der Waals surface area contributed by atoms with E-state index >= 15 is 0 Å². The van der Waals surface area contributed by atoms with E-state index in [2.05, 4.69) is 15.0 Å². The lowest BCUT2D eigenvalue weighted by atomic mass is 9.86. The van der Waals surface area contributed by atoms with Crippen LogP contribution in [0.25, 0.3) is 27.1 Å². The monoisotopic (exact) mass is 480 g/mol. The summed E-state index contributed by atoms with van der Waals surface area (Å²) in [6, 6.07) is 3.98. The van der Waals surface area contributed by atoms with Crippen LogP contribution in [0.2, 0.25) is 0 Å². The maximum Gasteiger partial charge on any atom is 0.254 e. The molecule has 3 aromatic heterocycles. The number of carbonyl (C=O) groups excluding carboxylic acids is 1. The number of aliphatic hydroxyl groups is 2. The molecule has 10 nitrogen and oxygen atoms in total. The van der Waals surface area contributed by atoms with Gasteiger partial charge in [0.2, 0.25) is 0 Å². The molecule has 2 aliphatic heterocycles. The first-order valence-electron chi connectivity index (χ1n) is 11.1. The molecule has 2 fully saturated rings. The maximum atomic E-state index is 12.7. The van der Waals surface area contributed by atoms with E-state index in [4.69, 9.17) is 15.5 Å². The van der Waals surface area contributed by atoms with E-state index in [1.807, 2.05) is 12.1 Å². The van der Waals surface area contributed by atoms with Crippen LogP contribution in [0.1, 0.15) is 41.8 Å². The minimum atomic E-state index is -1.34. The Bertz CT molecular complexity index is 1460. The van der Waals surface area contributed by atoms with E-state index in [1.54, 1.807) is 25.6 Å². The molecule has 1 amide bonds. The molecule has 176 valence electrons. The number of hydrogen-bond acceptors (Lipinski definition) is 9. The summed E-state index contributed by atoms with van der Waals surface area (Å²) in [4.78, 5) is 24.1. The second-order valence-corrected chi connectivity index (χ2v) is 10.2.